The monoisotopic (exact) mass is 588 g/mol. The Morgan fingerprint density at radius 3 is 2.17 bits per heavy atom. The highest BCUT2D eigenvalue weighted by molar-refractivity contribution is 5.90. The molecule has 2 fully saturated rings. The predicted molar refractivity (Wildman–Crippen MR) is 157 cm³/mol. The number of hydrogen-bond acceptors (Lipinski definition) is 6. The van der Waals surface area contributed by atoms with Crippen LogP contribution in [0.1, 0.15) is 113 Å². The minimum absolute atomic E-state index is 0.00187. The molecule has 4 rings (SSSR count). The lowest BCUT2D eigenvalue weighted by molar-refractivity contribution is -0.172. The van der Waals surface area contributed by atoms with Crippen molar-refractivity contribution in [3.63, 3.8) is 0 Å². The first-order valence-electron chi connectivity index (χ1n) is 15.9. The van der Waals surface area contributed by atoms with E-state index in [9.17, 15) is 29.4 Å². The fourth-order valence-corrected chi connectivity index (χ4v) is 10.5. The van der Waals surface area contributed by atoms with E-state index in [1.54, 1.807) is 11.1 Å². The number of carboxylic acids is 2. The van der Waals surface area contributed by atoms with E-state index < -0.39 is 42.8 Å². The van der Waals surface area contributed by atoms with Crippen molar-refractivity contribution in [2.45, 2.75) is 119 Å². The fraction of sp³-hybridized carbons (Fsp3) is 0.824. The molecule has 0 aromatic rings. The zero-order valence-electron chi connectivity index (χ0n) is 26.6. The van der Waals surface area contributed by atoms with Gasteiger partial charge in [-0.1, -0.05) is 59.6 Å². The molecule has 0 aliphatic heterocycles. The quantitative estimate of drug-likeness (QED) is 0.159. The fourth-order valence-electron chi connectivity index (χ4n) is 10.5. The van der Waals surface area contributed by atoms with Gasteiger partial charge in [0.2, 0.25) is 0 Å². The number of hydrogen-bond donors (Lipinski definition) is 3. The van der Waals surface area contributed by atoms with Gasteiger partial charge in [0.15, 0.2) is 0 Å². The molecule has 3 N–H and O–H groups in total. The van der Waals surface area contributed by atoms with Gasteiger partial charge in [-0.25, -0.2) is 0 Å². The van der Waals surface area contributed by atoms with E-state index in [-0.39, 0.29) is 39.5 Å². The van der Waals surface area contributed by atoms with Crippen LogP contribution in [0, 0.1) is 51.2 Å². The summed E-state index contributed by atoms with van der Waals surface area (Å²) in [7, 11) is 0. The van der Waals surface area contributed by atoms with Crippen molar-refractivity contribution in [3.05, 3.63) is 11.1 Å². The second-order valence-corrected chi connectivity index (χ2v) is 15.3. The maximum absolute atomic E-state index is 13.2. The molecule has 8 nitrogen and oxygen atoms in total. The van der Waals surface area contributed by atoms with Gasteiger partial charge in [-0.3, -0.25) is 19.2 Å². The second-order valence-electron chi connectivity index (χ2n) is 15.3. The van der Waals surface area contributed by atoms with Crippen molar-refractivity contribution in [1.29, 1.82) is 0 Å². The molecule has 0 heterocycles. The van der Waals surface area contributed by atoms with Crippen LogP contribution in [0.3, 0.4) is 0 Å². The molecule has 236 valence electrons. The number of carbonyl (C=O) groups excluding carboxylic acids is 2. The molecule has 9 atom stereocenters. The molecule has 42 heavy (non-hydrogen) atoms. The van der Waals surface area contributed by atoms with Crippen LogP contribution in [0.5, 0.6) is 0 Å². The summed E-state index contributed by atoms with van der Waals surface area (Å²) in [6.45, 7) is 14.8. The Kier molecular flexibility index (Phi) is 8.85. The first-order chi connectivity index (χ1) is 19.4. The lowest BCUT2D eigenvalue weighted by Gasteiger charge is -2.62. The number of aliphatic hydroxyl groups is 1. The van der Waals surface area contributed by atoms with Crippen molar-refractivity contribution >= 4 is 23.7 Å². The first-order valence-corrected chi connectivity index (χ1v) is 15.9. The standard InChI is InChI=1S/C34H52O8/c1-19(16-25(36)21(18-35)20(2)30(40)41)22-10-14-34(7)24-8-9-26-31(3,4)27(42-29(39)17-28(37)38)12-13-32(26,5)23(24)11-15-33(22,34)6/h19-22,26-27,35H,8-18H2,1-7H3,(H,37,38)(H,40,41)/t19-,20?,21+,22-,26+,27-,32-,33-,34+/m1/s1. The van der Waals surface area contributed by atoms with E-state index >= 15 is 0 Å². The predicted octanol–water partition coefficient (Wildman–Crippen LogP) is 6.05. The second kappa shape index (κ2) is 11.4. The number of ether oxygens (including phenoxy) is 1. The summed E-state index contributed by atoms with van der Waals surface area (Å²) in [5, 5.41) is 28.3. The average Bonchev–Trinajstić information content (AvgIpc) is 3.17. The number of aliphatic carboxylic acids is 2. The van der Waals surface area contributed by atoms with Gasteiger partial charge in [-0.15, -0.1) is 0 Å². The van der Waals surface area contributed by atoms with E-state index in [4.69, 9.17) is 9.84 Å². The Hall–Kier alpha value is -2.22. The maximum Gasteiger partial charge on any atom is 0.317 e. The van der Waals surface area contributed by atoms with Gasteiger partial charge in [-0.2, -0.15) is 0 Å². The molecular formula is C34H52O8. The van der Waals surface area contributed by atoms with Gasteiger partial charge in [0.25, 0.3) is 0 Å². The Balaban J connectivity index is 1.57. The van der Waals surface area contributed by atoms with Crippen molar-refractivity contribution < 1.29 is 39.2 Å². The summed E-state index contributed by atoms with van der Waals surface area (Å²) in [6.07, 6.45) is 7.19. The SMILES string of the molecule is CC(C(=O)O)[C@H](CO)C(=O)C[C@@H](C)[C@H]1CC[C@@]2(C)C3=C(CC[C@]12C)[C@@]1(C)CC[C@@H](OC(=O)CC(=O)O)C(C)(C)[C@@H]1CC3. The number of allylic oxidation sites excluding steroid dienone is 2. The molecule has 4 aliphatic rings. The summed E-state index contributed by atoms with van der Waals surface area (Å²) in [5.74, 6) is -4.04. The number of Topliss-reactive ketones (excluding diaryl/α,β-unsaturated/α-hetero) is 1. The minimum atomic E-state index is -1.17. The molecule has 0 saturated heterocycles. The molecule has 0 radical (unpaired) electrons. The van der Waals surface area contributed by atoms with Crippen molar-refractivity contribution in [2.24, 2.45) is 51.2 Å². The number of carbonyl (C=O) groups is 4. The zero-order chi connectivity index (χ0) is 31.4. The number of aliphatic hydroxyl groups excluding tert-OH is 1. The third-order valence-electron chi connectivity index (χ3n) is 13.1. The number of ketones is 1. The van der Waals surface area contributed by atoms with E-state index in [1.165, 1.54) is 6.92 Å². The van der Waals surface area contributed by atoms with E-state index in [0.717, 1.165) is 51.4 Å². The number of esters is 1. The molecule has 2 saturated carbocycles. The van der Waals surface area contributed by atoms with Crippen molar-refractivity contribution in [3.8, 4) is 0 Å². The highest BCUT2D eigenvalue weighted by atomic mass is 16.5. The lowest BCUT2D eigenvalue weighted by atomic mass is 9.43. The highest BCUT2D eigenvalue weighted by Crippen LogP contribution is 2.72. The maximum atomic E-state index is 13.2. The summed E-state index contributed by atoms with van der Waals surface area (Å²) < 4.78 is 5.77. The van der Waals surface area contributed by atoms with E-state index in [1.807, 2.05) is 0 Å². The largest absolute Gasteiger partial charge is 0.481 e. The van der Waals surface area contributed by atoms with Gasteiger partial charge < -0.3 is 20.1 Å². The van der Waals surface area contributed by atoms with Gasteiger partial charge >= 0.3 is 17.9 Å². The normalized spacial score (nSPS) is 37.5. The topological polar surface area (TPSA) is 138 Å². The smallest absolute Gasteiger partial charge is 0.317 e. The van der Waals surface area contributed by atoms with Gasteiger partial charge in [0, 0.05) is 11.8 Å². The molecule has 0 aromatic heterocycles. The van der Waals surface area contributed by atoms with Gasteiger partial charge in [0.05, 0.1) is 18.4 Å². The summed E-state index contributed by atoms with van der Waals surface area (Å²) in [6, 6.07) is 0. The Labute approximate surface area is 250 Å². The average molecular weight is 589 g/mol. The molecule has 4 aliphatic carbocycles. The van der Waals surface area contributed by atoms with Crippen LogP contribution in [0.4, 0.5) is 0 Å². The Bertz CT molecular complexity index is 1150. The lowest BCUT2D eigenvalue weighted by Crippen LogP contribution is -2.56. The van der Waals surface area contributed by atoms with E-state index in [2.05, 4.69) is 41.5 Å². The van der Waals surface area contributed by atoms with Crippen LogP contribution in [-0.4, -0.2) is 51.7 Å². The summed E-state index contributed by atoms with van der Waals surface area (Å²) >= 11 is 0. The van der Waals surface area contributed by atoms with Crippen LogP contribution >= 0.6 is 0 Å². The van der Waals surface area contributed by atoms with Crippen molar-refractivity contribution in [2.75, 3.05) is 6.61 Å². The van der Waals surface area contributed by atoms with Crippen LogP contribution in [0.15, 0.2) is 11.1 Å². The molecule has 0 amide bonds. The van der Waals surface area contributed by atoms with Crippen LogP contribution in [0.2, 0.25) is 0 Å². The third kappa shape index (κ3) is 5.13. The number of fused-ring (bicyclic) bond motifs is 4. The van der Waals surface area contributed by atoms with Crippen molar-refractivity contribution in [1.82, 2.24) is 0 Å². The van der Waals surface area contributed by atoms with Crippen LogP contribution in [0.25, 0.3) is 0 Å². The zero-order valence-corrected chi connectivity index (χ0v) is 26.6. The summed E-state index contributed by atoms with van der Waals surface area (Å²) in [4.78, 5) is 48.0. The third-order valence-corrected chi connectivity index (χ3v) is 13.1. The van der Waals surface area contributed by atoms with Crippen LogP contribution < -0.4 is 0 Å². The number of carboxylic acid groups (broad SMARTS) is 2. The van der Waals surface area contributed by atoms with Gasteiger partial charge in [-0.05, 0) is 85.4 Å². The van der Waals surface area contributed by atoms with E-state index in [0.29, 0.717) is 18.3 Å². The first kappa shape index (κ1) is 32.7. The Morgan fingerprint density at radius 2 is 1.57 bits per heavy atom. The Morgan fingerprint density at radius 1 is 0.905 bits per heavy atom. The molecule has 8 heteroatoms. The number of rotatable bonds is 10. The highest BCUT2D eigenvalue weighted by Gasteiger charge is 2.63. The minimum Gasteiger partial charge on any atom is -0.481 e. The van der Waals surface area contributed by atoms with Gasteiger partial charge in [0.1, 0.15) is 18.3 Å². The molecule has 0 bridgehead atoms. The molecule has 1 unspecified atom stereocenters. The summed E-state index contributed by atoms with van der Waals surface area (Å²) in [5.41, 5.74) is 2.96. The molecule has 0 spiro atoms. The van der Waals surface area contributed by atoms with Crippen LogP contribution in [-0.2, 0) is 23.9 Å². The molecular weight excluding hydrogens is 536 g/mol. The molecule has 0 aromatic carbocycles.